The molecule has 8 heteroatoms. The minimum atomic E-state index is -0.113. The molecule has 0 spiro atoms. The molecular weight excluding hydrogens is 404 g/mol. The highest BCUT2D eigenvalue weighted by atomic mass is 32.1. The van der Waals surface area contributed by atoms with Gasteiger partial charge >= 0.3 is 0 Å². The average Bonchev–Trinajstić information content (AvgIpc) is 3.49. The van der Waals surface area contributed by atoms with E-state index in [4.69, 9.17) is 14.2 Å². The van der Waals surface area contributed by atoms with E-state index in [0.717, 1.165) is 29.9 Å². The SMILES string of the molecule is CC(=O)N(CC(=O)N(Cc1ccc2c(c1)OCO2)Cc1cccs1)CC1CCCO1. The van der Waals surface area contributed by atoms with Gasteiger partial charge in [-0.05, 0) is 42.0 Å². The molecule has 2 aliphatic rings. The maximum atomic E-state index is 13.2. The molecule has 30 heavy (non-hydrogen) atoms. The summed E-state index contributed by atoms with van der Waals surface area (Å²) in [5.41, 5.74) is 0.956. The number of hydrogen-bond donors (Lipinski definition) is 0. The topological polar surface area (TPSA) is 68.3 Å². The van der Waals surface area contributed by atoms with Crippen LogP contribution in [-0.4, -0.2) is 54.2 Å². The van der Waals surface area contributed by atoms with Crippen LogP contribution in [0.15, 0.2) is 35.7 Å². The molecule has 2 amide bonds. The Hall–Kier alpha value is -2.58. The molecular formula is C22H26N2O5S. The Labute approximate surface area is 180 Å². The van der Waals surface area contributed by atoms with Crippen LogP contribution in [0.5, 0.6) is 11.5 Å². The molecule has 1 saturated heterocycles. The fourth-order valence-corrected chi connectivity index (χ4v) is 4.40. The molecule has 160 valence electrons. The summed E-state index contributed by atoms with van der Waals surface area (Å²) in [5.74, 6) is 1.21. The van der Waals surface area contributed by atoms with Gasteiger partial charge < -0.3 is 24.0 Å². The van der Waals surface area contributed by atoms with Crippen molar-refractivity contribution in [3.8, 4) is 11.5 Å². The normalized spacial score (nSPS) is 17.2. The molecule has 0 radical (unpaired) electrons. The van der Waals surface area contributed by atoms with Crippen molar-refractivity contribution in [3.63, 3.8) is 0 Å². The van der Waals surface area contributed by atoms with Gasteiger partial charge in [0.1, 0.15) is 0 Å². The molecule has 0 aliphatic carbocycles. The lowest BCUT2D eigenvalue weighted by atomic mass is 10.1. The van der Waals surface area contributed by atoms with E-state index < -0.39 is 0 Å². The summed E-state index contributed by atoms with van der Waals surface area (Å²) in [7, 11) is 0. The molecule has 7 nitrogen and oxygen atoms in total. The van der Waals surface area contributed by atoms with Crippen molar-refractivity contribution in [2.75, 3.05) is 26.5 Å². The predicted octanol–water partition coefficient (Wildman–Crippen LogP) is 3.03. The third-order valence-electron chi connectivity index (χ3n) is 5.31. The summed E-state index contributed by atoms with van der Waals surface area (Å²) in [6.45, 7) is 3.87. The highest BCUT2D eigenvalue weighted by Gasteiger charge is 2.25. The second-order valence-electron chi connectivity index (χ2n) is 7.55. The first-order valence-electron chi connectivity index (χ1n) is 10.1. The van der Waals surface area contributed by atoms with Crippen LogP contribution in [0.4, 0.5) is 0 Å². The van der Waals surface area contributed by atoms with E-state index in [9.17, 15) is 9.59 Å². The Morgan fingerprint density at radius 1 is 1.13 bits per heavy atom. The monoisotopic (exact) mass is 430 g/mol. The van der Waals surface area contributed by atoms with Crippen LogP contribution in [-0.2, 0) is 27.4 Å². The maximum Gasteiger partial charge on any atom is 0.242 e. The maximum absolute atomic E-state index is 13.2. The Bertz CT molecular complexity index is 880. The summed E-state index contributed by atoms with van der Waals surface area (Å²) >= 11 is 1.61. The minimum absolute atomic E-state index is 0.0151. The lowest BCUT2D eigenvalue weighted by Gasteiger charge is -2.28. The van der Waals surface area contributed by atoms with Gasteiger partial charge in [0.25, 0.3) is 0 Å². The van der Waals surface area contributed by atoms with Crippen LogP contribution >= 0.6 is 11.3 Å². The third kappa shape index (κ3) is 5.12. The van der Waals surface area contributed by atoms with Gasteiger partial charge in [0.2, 0.25) is 18.6 Å². The molecule has 1 atom stereocenters. The van der Waals surface area contributed by atoms with E-state index in [1.165, 1.54) is 6.92 Å². The van der Waals surface area contributed by atoms with Crippen molar-refractivity contribution in [3.05, 3.63) is 46.2 Å². The van der Waals surface area contributed by atoms with E-state index in [-0.39, 0.29) is 31.3 Å². The standard InChI is InChI=1S/C22H26N2O5S/c1-16(25)23(12-18-4-2-8-27-18)14-22(26)24(13-19-5-3-9-30-19)11-17-6-7-20-21(10-17)29-15-28-20/h3,5-7,9-10,18H,2,4,8,11-15H2,1H3. The van der Waals surface area contributed by atoms with E-state index in [2.05, 4.69) is 0 Å². The van der Waals surface area contributed by atoms with Gasteiger partial charge in [-0.25, -0.2) is 0 Å². The Morgan fingerprint density at radius 2 is 2.00 bits per heavy atom. The zero-order chi connectivity index (χ0) is 20.9. The van der Waals surface area contributed by atoms with Gasteiger partial charge in [0, 0.05) is 31.5 Å². The molecule has 0 N–H and O–H groups in total. The summed E-state index contributed by atoms with van der Waals surface area (Å²) in [4.78, 5) is 29.9. The van der Waals surface area contributed by atoms with Gasteiger partial charge in [-0.3, -0.25) is 9.59 Å². The summed E-state index contributed by atoms with van der Waals surface area (Å²) in [6.07, 6.45) is 1.94. The number of carbonyl (C=O) groups is 2. The lowest BCUT2D eigenvalue weighted by Crippen LogP contribution is -2.44. The molecule has 1 unspecified atom stereocenters. The fraction of sp³-hybridized carbons (Fsp3) is 0.455. The zero-order valence-corrected chi connectivity index (χ0v) is 17.9. The predicted molar refractivity (Wildman–Crippen MR) is 112 cm³/mol. The highest BCUT2D eigenvalue weighted by molar-refractivity contribution is 7.09. The van der Waals surface area contributed by atoms with Crippen LogP contribution in [0, 0.1) is 0 Å². The summed E-state index contributed by atoms with van der Waals surface area (Å²) in [6, 6.07) is 9.70. The van der Waals surface area contributed by atoms with Crippen LogP contribution in [0.1, 0.15) is 30.2 Å². The number of amides is 2. The van der Waals surface area contributed by atoms with Crippen LogP contribution in [0.2, 0.25) is 0 Å². The van der Waals surface area contributed by atoms with Gasteiger partial charge in [0.15, 0.2) is 11.5 Å². The molecule has 0 bridgehead atoms. The first-order valence-corrected chi connectivity index (χ1v) is 11.0. The summed E-state index contributed by atoms with van der Waals surface area (Å²) in [5, 5.41) is 2.00. The molecule has 4 rings (SSSR count). The van der Waals surface area contributed by atoms with Crippen molar-refractivity contribution in [1.82, 2.24) is 9.80 Å². The molecule has 1 fully saturated rings. The molecule has 1 aromatic carbocycles. The number of ether oxygens (including phenoxy) is 3. The number of benzene rings is 1. The van der Waals surface area contributed by atoms with E-state index in [0.29, 0.717) is 31.1 Å². The van der Waals surface area contributed by atoms with Crippen molar-refractivity contribution in [1.29, 1.82) is 0 Å². The van der Waals surface area contributed by atoms with E-state index in [1.54, 1.807) is 21.1 Å². The number of nitrogens with zero attached hydrogens (tertiary/aromatic N) is 2. The van der Waals surface area contributed by atoms with Crippen molar-refractivity contribution in [2.45, 2.75) is 39.0 Å². The largest absolute Gasteiger partial charge is 0.454 e. The summed E-state index contributed by atoms with van der Waals surface area (Å²) < 4.78 is 16.5. The van der Waals surface area contributed by atoms with Crippen LogP contribution in [0.25, 0.3) is 0 Å². The minimum Gasteiger partial charge on any atom is -0.454 e. The van der Waals surface area contributed by atoms with Gasteiger partial charge in [-0.2, -0.15) is 0 Å². The number of carbonyl (C=O) groups excluding carboxylic acids is 2. The quantitative estimate of drug-likeness (QED) is 0.644. The molecule has 1 aromatic heterocycles. The molecule has 0 saturated carbocycles. The Morgan fingerprint density at radius 3 is 2.73 bits per heavy atom. The average molecular weight is 431 g/mol. The Balaban J connectivity index is 1.47. The van der Waals surface area contributed by atoms with Crippen molar-refractivity contribution in [2.24, 2.45) is 0 Å². The van der Waals surface area contributed by atoms with Crippen molar-refractivity contribution >= 4 is 23.2 Å². The highest BCUT2D eigenvalue weighted by Crippen LogP contribution is 2.33. The smallest absolute Gasteiger partial charge is 0.242 e. The second kappa shape index (κ2) is 9.49. The first-order chi connectivity index (χ1) is 14.6. The molecule has 2 aliphatic heterocycles. The van der Waals surface area contributed by atoms with Crippen LogP contribution < -0.4 is 9.47 Å². The van der Waals surface area contributed by atoms with E-state index >= 15 is 0 Å². The number of thiophene rings is 1. The molecule has 3 heterocycles. The lowest BCUT2D eigenvalue weighted by molar-refractivity contribution is -0.141. The zero-order valence-electron chi connectivity index (χ0n) is 17.0. The third-order valence-corrected chi connectivity index (χ3v) is 6.17. The first kappa shape index (κ1) is 20.7. The Kier molecular flexibility index (Phi) is 6.54. The number of hydrogen-bond acceptors (Lipinski definition) is 6. The van der Waals surface area contributed by atoms with Gasteiger partial charge in [-0.1, -0.05) is 12.1 Å². The number of rotatable bonds is 8. The van der Waals surface area contributed by atoms with E-state index in [1.807, 2.05) is 35.7 Å². The molecule has 2 aromatic rings. The van der Waals surface area contributed by atoms with Crippen molar-refractivity contribution < 1.29 is 23.8 Å². The number of fused-ring (bicyclic) bond motifs is 1. The second-order valence-corrected chi connectivity index (χ2v) is 8.58. The fourth-order valence-electron chi connectivity index (χ4n) is 3.68. The van der Waals surface area contributed by atoms with Gasteiger partial charge in [0.05, 0.1) is 19.2 Å². The van der Waals surface area contributed by atoms with Crippen LogP contribution in [0.3, 0.4) is 0 Å². The van der Waals surface area contributed by atoms with Gasteiger partial charge in [-0.15, -0.1) is 11.3 Å².